The number of benzene rings is 1. The largest absolute Gasteiger partial charge is 0.452 e. The van der Waals surface area contributed by atoms with Gasteiger partial charge in [-0.15, -0.1) is 11.3 Å². The van der Waals surface area contributed by atoms with E-state index in [1.165, 1.54) is 16.9 Å². The van der Waals surface area contributed by atoms with Crippen LogP contribution in [0.3, 0.4) is 0 Å². The normalized spacial score (nSPS) is 13.0. The maximum Gasteiger partial charge on any atom is 0.260 e. The summed E-state index contributed by atoms with van der Waals surface area (Å²) in [4.78, 5) is 12.5. The molecule has 0 bridgehead atoms. The quantitative estimate of drug-likeness (QED) is 0.564. The van der Waals surface area contributed by atoms with E-state index in [0.717, 1.165) is 50.9 Å². The van der Waals surface area contributed by atoms with Gasteiger partial charge < -0.3 is 10.1 Å². The van der Waals surface area contributed by atoms with Gasteiger partial charge in [0, 0.05) is 9.85 Å². The van der Waals surface area contributed by atoms with E-state index in [0.29, 0.717) is 11.3 Å². The molecule has 0 unspecified atom stereocenters. The summed E-state index contributed by atoms with van der Waals surface area (Å²) in [6, 6.07) is 2.05. The minimum absolute atomic E-state index is 0.122. The molecule has 0 saturated heterocycles. The van der Waals surface area contributed by atoms with Gasteiger partial charge in [-0.3, -0.25) is 4.79 Å². The van der Waals surface area contributed by atoms with Crippen LogP contribution >= 0.6 is 43.2 Å². The molecule has 1 aromatic carbocycles. The number of halogens is 2. The van der Waals surface area contributed by atoms with Crippen LogP contribution in [0.5, 0.6) is 11.5 Å². The van der Waals surface area contributed by atoms with Crippen molar-refractivity contribution in [2.75, 3.05) is 5.32 Å². The summed E-state index contributed by atoms with van der Waals surface area (Å²) in [6.45, 7) is 4.27. The second kappa shape index (κ2) is 6.95. The molecule has 6 heteroatoms. The Balaban J connectivity index is 2.15. The molecule has 0 fully saturated rings. The minimum Gasteiger partial charge on any atom is -0.452 e. The van der Waals surface area contributed by atoms with E-state index in [1.54, 1.807) is 0 Å². The Morgan fingerprint density at radius 2 is 2.09 bits per heavy atom. The molecule has 0 atom stereocenters. The lowest BCUT2D eigenvalue weighted by atomic mass is 10.0. The highest BCUT2D eigenvalue weighted by Gasteiger charge is 2.27. The molecule has 1 aromatic heterocycles. The van der Waals surface area contributed by atoms with Crippen molar-refractivity contribution in [3.05, 3.63) is 36.4 Å². The standard InChI is InChI=1S/C17H17Br2NO2S/c1-3-5-6-9-7-12-14(10(4-2)13(9)18)20-17(21)11-8-23-16(19)15(11)22-12/h7-8H,3-6H2,1-2H3,(H,20,21). The average Bonchev–Trinajstić information content (AvgIpc) is 2.82. The zero-order valence-electron chi connectivity index (χ0n) is 13.0. The van der Waals surface area contributed by atoms with Gasteiger partial charge in [0.2, 0.25) is 0 Å². The third kappa shape index (κ3) is 3.08. The topological polar surface area (TPSA) is 38.3 Å². The van der Waals surface area contributed by atoms with Crippen molar-refractivity contribution in [2.45, 2.75) is 39.5 Å². The van der Waals surface area contributed by atoms with Crippen LogP contribution in [0.4, 0.5) is 5.69 Å². The molecule has 0 aliphatic carbocycles. The van der Waals surface area contributed by atoms with Crippen LogP contribution in [0.2, 0.25) is 0 Å². The highest BCUT2D eigenvalue weighted by Crippen LogP contribution is 2.46. The molecule has 1 N–H and O–H groups in total. The number of aryl methyl sites for hydroxylation is 1. The van der Waals surface area contributed by atoms with Crippen LogP contribution < -0.4 is 10.1 Å². The first-order valence-electron chi connectivity index (χ1n) is 7.67. The molecular weight excluding hydrogens is 442 g/mol. The van der Waals surface area contributed by atoms with Crippen LogP contribution in [0.1, 0.15) is 48.2 Å². The lowest BCUT2D eigenvalue weighted by Gasteiger charge is -2.17. The molecule has 0 saturated carbocycles. The minimum atomic E-state index is -0.122. The third-order valence-corrected chi connectivity index (χ3v) is 6.61. The van der Waals surface area contributed by atoms with E-state index in [-0.39, 0.29) is 5.91 Å². The van der Waals surface area contributed by atoms with Gasteiger partial charge in [-0.2, -0.15) is 0 Å². The molecule has 122 valence electrons. The van der Waals surface area contributed by atoms with Crippen molar-refractivity contribution in [1.82, 2.24) is 0 Å². The van der Waals surface area contributed by atoms with Gasteiger partial charge in [-0.1, -0.05) is 36.2 Å². The maximum absolute atomic E-state index is 12.5. The molecule has 1 aliphatic rings. The molecule has 2 heterocycles. The summed E-state index contributed by atoms with van der Waals surface area (Å²) >= 11 is 8.66. The van der Waals surface area contributed by atoms with E-state index in [9.17, 15) is 4.79 Å². The van der Waals surface area contributed by atoms with E-state index in [1.807, 2.05) is 11.4 Å². The third-order valence-electron chi connectivity index (χ3n) is 3.95. The maximum atomic E-state index is 12.5. The molecule has 2 aromatic rings. The first-order chi connectivity index (χ1) is 11.1. The molecular formula is C17H17Br2NO2S. The van der Waals surface area contributed by atoms with Gasteiger partial charge in [0.05, 0.1) is 11.3 Å². The average molecular weight is 459 g/mol. The summed E-state index contributed by atoms with van der Waals surface area (Å²) in [5.74, 6) is 1.21. The fraction of sp³-hybridized carbons (Fsp3) is 0.353. The number of hydrogen-bond donors (Lipinski definition) is 1. The van der Waals surface area contributed by atoms with Gasteiger partial charge in [0.25, 0.3) is 5.91 Å². The SMILES string of the molecule is CCCCc1cc2c(c(CC)c1Br)NC(=O)c1csc(Br)c1O2. The Morgan fingerprint density at radius 1 is 1.30 bits per heavy atom. The number of ether oxygens (including phenoxy) is 1. The summed E-state index contributed by atoms with van der Waals surface area (Å²) in [5, 5.41) is 4.85. The van der Waals surface area contributed by atoms with Crippen molar-refractivity contribution in [1.29, 1.82) is 0 Å². The zero-order chi connectivity index (χ0) is 16.6. The van der Waals surface area contributed by atoms with Gasteiger partial charge in [0.1, 0.15) is 3.79 Å². The van der Waals surface area contributed by atoms with Gasteiger partial charge in [-0.25, -0.2) is 0 Å². The second-order valence-corrected chi connectivity index (χ2v) is 8.46. The smallest absolute Gasteiger partial charge is 0.260 e. The number of carbonyl (C=O) groups excluding carboxylic acids is 1. The van der Waals surface area contributed by atoms with Crippen molar-refractivity contribution in [2.24, 2.45) is 0 Å². The monoisotopic (exact) mass is 457 g/mol. The number of nitrogens with one attached hydrogen (secondary N) is 1. The number of thiophene rings is 1. The van der Waals surface area contributed by atoms with E-state index >= 15 is 0 Å². The van der Waals surface area contributed by atoms with Crippen LogP contribution in [0.15, 0.2) is 19.7 Å². The summed E-state index contributed by atoms with van der Waals surface area (Å²) in [5.41, 5.74) is 3.67. The van der Waals surface area contributed by atoms with Crippen molar-refractivity contribution < 1.29 is 9.53 Å². The van der Waals surface area contributed by atoms with Crippen LogP contribution in [0.25, 0.3) is 0 Å². The molecule has 1 aliphatic heterocycles. The predicted molar refractivity (Wildman–Crippen MR) is 102 cm³/mol. The van der Waals surface area contributed by atoms with Crippen LogP contribution in [0, 0.1) is 0 Å². The highest BCUT2D eigenvalue weighted by molar-refractivity contribution is 9.11. The van der Waals surface area contributed by atoms with Crippen LogP contribution in [-0.4, -0.2) is 5.91 Å². The van der Waals surface area contributed by atoms with Gasteiger partial charge >= 0.3 is 0 Å². The lowest BCUT2D eigenvalue weighted by Crippen LogP contribution is -2.11. The van der Waals surface area contributed by atoms with Gasteiger partial charge in [0.15, 0.2) is 11.5 Å². The van der Waals surface area contributed by atoms with Crippen molar-refractivity contribution >= 4 is 54.8 Å². The fourth-order valence-corrected chi connectivity index (χ4v) is 4.77. The molecule has 0 radical (unpaired) electrons. The van der Waals surface area contributed by atoms with E-state index in [2.05, 4.69) is 51.0 Å². The van der Waals surface area contributed by atoms with E-state index in [4.69, 9.17) is 4.74 Å². The Morgan fingerprint density at radius 3 is 2.78 bits per heavy atom. The number of amides is 1. The number of hydrogen-bond acceptors (Lipinski definition) is 3. The summed E-state index contributed by atoms with van der Waals surface area (Å²) in [7, 11) is 0. The van der Waals surface area contributed by atoms with Crippen molar-refractivity contribution in [3.63, 3.8) is 0 Å². The number of anilines is 1. The molecule has 1 amide bonds. The highest BCUT2D eigenvalue weighted by atomic mass is 79.9. The molecule has 3 nitrogen and oxygen atoms in total. The van der Waals surface area contributed by atoms with Crippen LogP contribution in [-0.2, 0) is 12.8 Å². The Labute approximate surface area is 156 Å². The Bertz CT molecular complexity index is 770. The number of unbranched alkanes of at least 4 members (excludes halogenated alkanes) is 1. The van der Waals surface area contributed by atoms with E-state index < -0.39 is 0 Å². The first-order valence-corrected chi connectivity index (χ1v) is 10.1. The Hall–Kier alpha value is -0.850. The lowest BCUT2D eigenvalue weighted by molar-refractivity contribution is 0.102. The summed E-state index contributed by atoms with van der Waals surface area (Å²) < 4.78 is 8.04. The van der Waals surface area contributed by atoms with Crippen molar-refractivity contribution in [3.8, 4) is 11.5 Å². The Kier molecular flexibility index (Phi) is 5.13. The number of rotatable bonds is 4. The molecule has 23 heavy (non-hydrogen) atoms. The zero-order valence-corrected chi connectivity index (χ0v) is 17.0. The number of fused-ring (bicyclic) bond motifs is 2. The second-order valence-electron chi connectivity index (χ2n) is 5.47. The van der Waals surface area contributed by atoms with Gasteiger partial charge in [-0.05, 0) is 52.4 Å². The predicted octanol–water partition coefficient (Wildman–Crippen LogP) is 6.54. The molecule has 0 spiro atoms. The fourth-order valence-electron chi connectivity index (χ4n) is 2.71. The molecule has 3 rings (SSSR count). The summed E-state index contributed by atoms with van der Waals surface area (Å²) in [6.07, 6.45) is 4.08. The first kappa shape index (κ1) is 17.0. The number of carbonyl (C=O) groups is 1.